The second-order valence-corrected chi connectivity index (χ2v) is 6.09. The first kappa shape index (κ1) is 15.8. The number of nitrogens with one attached hydrogen (secondary N) is 1. The summed E-state index contributed by atoms with van der Waals surface area (Å²) in [6.07, 6.45) is 5.93. The molecule has 1 aromatic carbocycles. The minimum Gasteiger partial charge on any atom is -0.352 e. The average Bonchev–Trinajstić information content (AvgIpc) is 2.52. The summed E-state index contributed by atoms with van der Waals surface area (Å²) < 4.78 is 0. The fraction of sp³-hybridized carbons (Fsp3) is 0.500. The highest BCUT2D eigenvalue weighted by molar-refractivity contribution is 5.91. The standard InChI is InChI=1S/C18H26N2O/c1-15(2)20-12-6-9-17(14-20)13-19-18(21)11-10-16-7-4-3-5-8-16/h3-5,7-8,10-11,15,17H,6,9,12-14H2,1-2H3,(H,19,21). The molecule has 1 atom stereocenters. The van der Waals surface area contributed by atoms with Crippen molar-refractivity contribution in [2.24, 2.45) is 5.92 Å². The van der Waals surface area contributed by atoms with Crippen molar-refractivity contribution >= 4 is 12.0 Å². The molecule has 2 rings (SSSR count). The van der Waals surface area contributed by atoms with Gasteiger partial charge in [0.15, 0.2) is 0 Å². The molecule has 3 nitrogen and oxygen atoms in total. The van der Waals surface area contributed by atoms with Crippen LogP contribution in [0.15, 0.2) is 36.4 Å². The highest BCUT2D eigenvalue weighted by atomic mass is 16.1. The Morgan fingerprint density at radius 2 is 2.14 bits per heavy atom. The number of hydrogen-bond acceptors (Lipinski definition) is 2. The third-order valence-corrected chi connectivity index (χ3v) is 4.07. The van der Waals surface area contributed by atoms with Crippen LogP contribution in [0.1, 0.15) is 32.3 Å². The first-order valence-corrected chi connectivity index (χ1v) is 7.90. The number of rotatable bonds is 5. The van der Waals surface area contributed by atoms with Crippen LogP contribution in [-0.2, 0) is 4.79 Å². The molecule has 1 unspecified atom stereocenters. The number of hydrogen-bond donors (Lipinski definition) is 1. The van der Waals surface area contributed by atoms with Gasteiger partial charge < -0.3 is 10.2 Å². The second-order valence-electron chi connectivity index (χ2n) is 6.09. The van der Waals surface area contributed by atoms with Gasteiger partial charge in [-0.2, -0.15) is 0 Å². The first-order valence-electron chi connectivity index (χ1n) is 7.90. The molecule has 1 amide bonds. The highest BCUT2D eigenvalue weighted by Crippen LogP contribution is 2.17. The van der Waals surface area contributed by atoms with Crippen LogP contribution >= 0.6 is 0 Å². The van der Waals surface area contributed by atoms with E-state index in [2.05, 4.69) is 24.1 Å². The molecule has 0 saturated carbocycles. The Kier molecular flexibility index (Phi) is 6.00. The minimum absolute atomic E-state index is 0.000485. The maximum absolute atomic E-state index is 11.9. The number of nitrogens with zero attached hydrogens (tertiary/aromatic N) is 1. The lowest BCUT2D eigenvalue weighted by atomic mass is 9.97. The Balaban J connectivity index is 1.75. The van der Waals surface area contributed by atoms with E-state index >= 15 is 0 Å². The lowest BCUT2D eigenvalue weighted by Crippen LogP contribution is -2.43. The Morgan fingerprint density at radius 3 is 2.86 bits per heavy atom. The van der Waals surface area contributed by atoms with E-state index in [9.17, 15) is 4.79 Å². The highest BCUT2D eigenvalue weighted by Gasteiger charge is 2.21. The molecule has 1 fully saturated rings. The lowest BCUT2D eigenvalue weighted by molar-refractivity contribution is -0.116. The van der Waals surface area contributed by atoms with Crippen molar-refractivity contribution in [3.8, 4) is 0 Å². The van der Waals surface area contributed by atoms with E-state index in [1.165, 1.54) is 19.4 Å². The fourth-order valence-corrected chi connectivity index (χ4v) is 2.77. The molecule has 0 bridgehead atoms. The molecule has 0 aliphatic carbocycles. The molecule has 1 aromatic rings. The van der Waals surface area contributed by atoms with E-state index in [4.69, 9.17) is 0 Å². The average molecular weight is 286 g/mol. The predicted octanol–water partition coefficient (Wildman–Crippen LogP) is 2.94. The number of likely N-dealkylation sites (tertiary alicyclic amines) is 1. The van der Waals surface area contributed by atoms with Crippen molar-refractivity contribution < 1.29 is 4.79 Å². The van der Waals surface area contributed by atoms with E-state index in [0.29, 0.717) is 12.0 Å². The Bertz CT molecular complexity index is 467. The Morgan fingerprint density at radius 1 is 1.38 bits per heavy atom. The van der Waals surface area contributed by atoms with Crippen molar-refractivity contribution in [1.82, 2.24) is 10.2 Å². The SMILES string of the molecule is CC(C)N1CCCC(CNC(=O)C=Cc2ccccc2)C1. The molecule has 114 valence electrons. The van der Waals surface area contributed by atoms with Crippen molar-refractivity contribution in [2.75, 3.05) is 19.6 Å². The van der Waals surface area contributed by atoms with Crippen molar-refractivity contribution in [2.45, 2.75) is 32.7 Å². The van der Waals surface area contributed by atoms with Crippen LogP contribution in [0.4, 0.5) is 0 Å². The van der Waals surface area contributed by atoms with Gasteiger partial charge in [-0.15, -0.1) is 0 Å². The second kappa shape index (κ2) is 7.99. The fourth-order valence-electron chi connectivity index (χ4n) is 2.77. The molecule has 1 heterocycles. The largest absolute Gasteiger partial charge is 0.352 e. The normalized spacial score (nSPS) is 20.0. The third-order valence-electron chi connectivity index (χ3n) is 4.07. The van der Waals surface area contributed by atoms with Gasteiger partial charge in [-0.05, 0) is 50.8 Å². The van der Waals surface area contributed by atoms with Crippen molar-refractivity contribution in [3.63, 3.8) is 0 Å². The molecule has 0 spiro atoms. The quantitative estimate of drug-likeness (QED) is 0.844. The van der Waals surface area contributed by atoms with Gasteiger partial charge in [-0.1, -0.05) is 30.3 Å². The van der Waals surface area contributed by atoms with Gasteiger partial charge in [0.25, 0.3) is 0 Å². The van der Waals surface area contributed by atoms with Crippen molar-refractivity contribution in [1.29, 1.82) is 0 Å². The molecule has 1 saturated heterocycles. The van der Waals surface area contributed by atoms with Crippen LogP contribution < -0.4 is 5.32 Å². The van der Waals surface area contributed by atoms with Gasteiger partial charge in [0.1, 0.15) is 0 Å². The summed E-state index contributed by atoms with van der Waals surface area (Å²) in [7, 11) is 0. The van der Waals surface area contributed by atoms with E-state index in [-0.39, 0.29) is 5.91 Å². The van der Waals surface area contributed by atoms with Gasteiger partial charge in [0, 0.05) is 25.2 Å². The van der Waals surface area contributed by atoms with Crippen molar-refractivity contribution in [3.05, 3.63) is 42.0 Å². The topological polar surface area (TPSA) is 32.3 Å². The van der Waals surface area contributed by atoms with Gasteiger partial charge in [-0.3, -0.25) is 4.79 Å². The monoisotopic (exact) mass is 286 g/mol. The summed E-state index contributed by atoms with van der Waals surface area (Å²) in [6, 6.07) is 10.5. The molecule has 3 heteroatoms. The summed E-state index contributed by atoms with van der Waals surface area (Å²) in [5, 5.41) is 3.03. The van der Waals surface area contributed by atoms with E-state index in [1.54, 1.807) is 6.08 Å². The molecule has 0 aromatic heterocycles. The summed E-state index contributed by atoms with van der Waals surface area (Å²) in [6.45, 7) is 7.55. The molecule has 1 N–H and O–H groups in total. The van der Waals surface area contributed by atoms with Crippen LogP contribution in [-0.4, -0.2) is 36.5 Å². The lowest BCUT2D eigenvalue weighted by Gasteiger charge is -2.35. The van der Waals surface area contributed by atoms with Gasteiger partial charge >= 0.3 is 0 Å². The molecule has 0 radical (unpaired) electrons. The van der Waals surface area contributed by atoms with E-state index in [1.807, 2.05) is 36.4 Å². The maximum atomic E-state index is 11.9. The molecular weight excluding hydrogens is 260 g/mol. The minimum atomic E-state index is 0.000485. The zero-order valence-corrected chi connectivity index (χ0v) is 13.1. The van der Waals surface area contributed by atoms with Gasteiger partial charge in [0.2, 0.25) is 5.91 Å². The molecule has 1 aliphatic heterocycles. The molecule has 1 aliphatic rings. The summed E-state index contributed by atoms with van der Waals surface area (Å²) in [5.74, 6) is 0.579. The number of benzene rings is 1. The van der Waals surface area contributed by atoms with Crippen LogP contribution in [0.2, 0.25) is 0 Å². The number of amides is 1. The Hall–Kier alpha value is -1.61. The van der Waals surface area contributed by atoms with E-state index in [0.717, 1.165) is 18.7 Å². The van der Waals surface area contributed by atoms with Crippen LogP contribution in [0, 0.1) is 5.92 Å². The molecule has 21 heavy (non-hydrogen) atoms. The van der Waals surface area contributed by atoms with Gasteiger partial charge in [-0.25, -0.2) is 0 Å². The smallest absolute Gasteiger partial charge is 0.244 e. The zero-order chi connectivity index (χ0) is 15.1. The first-order chi connectivity index (χ1) is 10.1. The Labute approximate surface area is 128 Å². The van der Waals surface area contributed by atoms with Crippen LogP contribution in [0.3, 0.4) is 0 Å². The summed E-state index contributed by atoms with van der Waals surface area (Å²) >= 11 is 0. The summed E-state index contributed by atoms with van der Waals surface area (Å²) in [5.41, 5.74) is 1.05. The van der Waals surface area contributed by atoms with Crippen LogP contribution in [0.5, 0.6) is 0 Å². The number of piperidine rings is 1. The van der Waals surface area contributed by atoms with E-state index < -0.39 is 0 Å². The number of carbonyl (C=O) groups is 1. The third kappa shape index (κ3) is 5.35. The zero-order valence-electron chi connectivity index (χ0n) is 13.1. The molecular formula is C18H26N2O. The van der Waals surface area contributed by atoms with Crippen LogP contribution in [0.25, 0.3) is 6.08 Å². The number of carbonyl (C=O) groups excluding carboxylic acids is 1. The maximum Gasteiger partial charge on any atom is 0.244 e. The van der Waals surface area contributed by atoms with Gasteiger partial charge in [0.05, 0.1) is 0 Å². The summed E-state index contributed by atoms with van der Waals surface area (Å²) in [4.78, 5) is 14.4. The predicted molar refractivity (Wildman–Crippen MR) is 87.9 cm³/mol.